The molecule has 0 aliphatic carbocycles. The Morgan fingerprint density at radius 1 is 1.33 bits per heavy atom. The Kier molecular flexibility index (Phi) is 6.24. The van der Waals surface area contributed by atoms with E-state index in [9.17, 15) is 4.39 Å². The summed E-state index contributed by atoms with van der Waals surface area (Å²) < 4.78 is 17.1. The van der Waals surface area contributed by atoms with Gasteiger partial charge in [-0.15, -0.1) is 5.92 Å². The van der Waals surface area contributed by atoms with Gasteiger partial charge in [0.25, 0.3) is 0 Å². The molecule has 0 saturated heterocycles. The molecule has 1 aromatic rings. The molecule has 1 rings (SSSR count). The number of halogens is 1. The molecule has 18 heavy (non-hydrogen) atoms. The second-order valence-corrected chi connectivity index (χ2v) is 4.24. The van der Waals surface area contributed by atoms with Crippen LogP contribution in [0.15, 0.2) is 24.3 Å². The second kappa shape index (κ2) is 7.73. The summed E-state index contributed by atoms with van der Waals surface area (Å²) in [5.41, 5.74) is 7.07. The van der Waals surface area contributed by atoms with Crippen molar-refractivity contribution in [3.8, 4) is 17.6 Å². The Morgan fingerprint density at radius 3 is 2.56 bits per heavy atom. The molecule has 2 N–H and O–H groups in total. The van der Waals surface area contributed by atoms with Gasteiger partial charge in [-0.1, -0.05) is 25.0 Å². The Morgan fingerprint density at radius 2 is 2.00 bits per heavy atom. The van der Waals surface area contributed by atoms with Crippen molar-refractivity contribution < 1.29 is 9.13 Å². The maximum absolute atomic E-state index is 12.0. The number of hydrogen-bond acceptors (Lipinski definition) is 2. The lowest BCUT2D eigenvalue weighted by Crippen LogP contribution is -2.19. The summed E-state index contributed by atoms with van der Waals surface area (Å²) in [5.74, 6) is 6.81. The van der Waals surface area contributed by atoms with E-state index in [0.717, 1.165) is 6.42 Å². The molecule has 0 aliphatic heterocycles. The van der Waals surface area contributed by atoms with E-state index < -0.39 is 6.67 Å². The zero-order valence-electron chi connectivity index (χ0n) is 10.9. The van der Waals surface area contributed by atoms with Crippen molar-refractivity contribution in [1.29, 1.82) is 0 Å². The van der Waals surface area contributed by atoms with Crippen LogP contribution in [0.5, 0.6) is 5.75 Å². The van der Waals surface area contributed by atoms with Crippen molar-refractivity contribution in [3.05, 3.63) is 29.8 Å². The van der Waals surface area contributed by atoms with E-state index in [-0.39, 0.29) is 12.6 Å². The van der Waals surface area contributed by atoms with Crippen LogP contribution in [-0.2, 0) is 0 Å². The molecule has 0 bridgehead atoms. The first-order valence-electron chi connectivity index (χ1n) is 6.14. The highest BCUT2D eigenvalue weighted by atomic mass is 19.1. The first-order chi connectivity index (χ1) is 8.67. The maximum Gasteiger partial charge on any atom is 0.123 e. The fraction of sp³-hybridized carbons (Fsp3) is 0.467. The summed E-state index contributed by atoms with van der Waals surface area (Å²) in [6.45, 7) is 3.55. The summed E-state index contributed by atoms with van der Waals surface area (Å²) in [4.78, 5) is 0. The van der Waals surface area contributed by atoms with Crippen LogP contribution < -0.4 is 10.5 Å². The summed E-state index contributed by atoms with van der Waals surface area (Å²) in [6.07, 6.45) is 0.825. The van der Waals surface area contributed by atoms with Crippen molar-refractivity contribution >= 4 is 0 Å². The number of hydrogen-bond donors (Lipinski definition) is 1. The van der Waals surface area contributed by atoms with Gasteiger partial charge in [-0.25, -0.2) is 4.39 Å². The summed E-state index contributed by atoms with van der Waals surface area (Å²) in [5, 5.41) is 0. The predicted molar refractivity (Wildman–Crippen MR) is 72.4 cm³/mol. The van der Waals surface area contributed by atoms with Crippen molar-refractivity contribution in [2.45, 2.75) is 32.2 Å². The first kappa shape index (κ1) is 14.5. The number of ether oxygens (including phenoxy) is 1. The van der Waals surface area contributed by atoms with E-state index in [1.165, 1.54) is 5.56 Å². The molecule has 0 heterocycles. The van der Waals surface area contributed by atoms with Crippen molar-refractivity contribution in [2.75, 3.05) is 13.3 Å². The summed E-state index contributed by atoms with van der Waals surface area (Å²) >= 11 is 0. The van der Waals surface area contributed by atoms with E-state index in [1.807, 2.05) is 24.3 Å². The third kappa shape index (κ3) is 4.77. The molecule has 0 amide bonds. The Hall–Kier alpha value is -1.53. The summed E-state index contributed by atoms with van der Waals surface area (Å²) in [6, 6.07) is 7.61. The number of rotatable bonds is 6. The minimum absolute atomic E-state index is 0.0903. The van der Waals surface area contributed by atoms with Crippen LogP contribution in [0, 0.1) is 11.8 Å². The Labute approximate surface area is 108 Å². The largest absolute Gasteiger partial charge is 0.491 e. The van der Waals surface area contributed by atoms with Gasteiger partial charge in [0.05, 0.1) is 6.04 Å². The lowest BCUT2D eigenvalue weighted by atomic mass is 9.94. The van der Waals surface area contributed by atoms with E-state index in [2.05, 4.69) is 18.8 Å². The molecule has 0 aliphatic rings. The lowest BCUT2D eigenvalue weighted by Gasteiger charge is -2.14. The quantitative estimate of drug-likeness (QED) is 0.787. The molecule has 0 radical (unpaired) electrons. The molecule has 0 fully saturated rings. The van der Waals surface area contributed by atoms with E-state index in [1.54, 1.807) is 6.92 Å². The zero-order valence-corrected chi connectivity index (χ0v) is 10.9. The van der Waals surface area contributed by atoms with E-state index >= 15 is 0 Å². The molecule has 2 atom stereocenters. The van der Waals surface area contributed by atoms with Gasteiger partial charge in [-0.3, -0.25) is 0 Å². The van der Waals surface area contributed by atoms with Crippen molar-refractivity contribution in [3.63, 3.8) is 0 Å². The molecule has 2 nitrogen and oxygen atoms in total. The molecule has 1 aromatic carbocycles. The molecule has 3 heteroatoms. The zero-order chi connectivity index (χ0) is 13.4. The Balaban J connectivity index is 2.57. The van der Waals surface area contributed by atoms with Gasteiger partial charge in [-0.05, 0) is 37.0 Å². The van der Waals surface area contributed by atoms with Gasteiger partial charge in [0, 0.05) is 0 Å². The fourth-order valence-electron chi connectivity index (χ4n) is 1.81. The molecule has 1 unspecified atom stereocenters. The molecule has 98 valence electrons. The van der Waals surface area contributed by atoms with Gasteiger partial charge >= 0.3 is 0 Å². The van der Waals surface area contributed by atoms with Crippen LogP contribution in [0.4, 0.5) is 4.39 Å². The normalized spacial score (nSPS) is 13.3. The topological polar surface area (TPSA) is 35.2 Å². The van der Waals surface area contributed by atoms with E-state index in [0.29, 0.717) is 11.7 Å². The van der Waals surface area contributed by atoms with Gasteiger partial charge in [0.1, 0.15) is 19.0 Å². The van der Waals surface area contributed by atoms with Crippen LogP contribution in [0.1, 0.15) is 31.7 Å². The van der Waals surface area contributed by atoms with Gasteiger partial charge in [0.2, 0.25) is 0 Å². The number of alkyl halides is 1. The SMILES string of the molecule is CC#CC(N)C[C@@H](C)c1ccc(OCCF)cc1. The van der Waals surface area contributed by atoms with Gasteiger partial charge in [0.15, 0.2) is 0 Å². The van der Waals surface area contributed by atoms with Gasteiger partial charge in [-0.2, -0.15) is 0 Å². The maximum atomic E-state index is 12.0. The molecular weight excluding hydrogens is 229 g/mol. The molecule has 0 saturated carbocycles. The molecular formula is C15H20FNO. The minimum Gasteiger partial charge on any atom is -0.491 e. The standard InChI is InChI=1S/C15H20FNO/c1-3-4-14(17)11-12(2)13-5-7-15(8-6-13)18-10-9-16/h5-8,12,14H,9-11,17H2,1-2H3/t12-,14?/m1/s1. The second-order valence-electron chi connectivity index (χ2n) is 4.24. The van der Waals surface area contributed by atoms with Crippen LogP contribution in [0.3, 0.4) is 0 Å². The number of nitrogens with two attached hydrogens (primary N) is 1. The monoisotopic (exact) mass is 249 g/mol. The highest BCUT2D eigenvalue weighted by molar-refractivity contribution is 5.29. The number of benzene rings is 1. The predicted octanol–water partition coefficient (Wildman–Crippen LogP) is 2.88. The van der Waals surface area contributed by atoms with Gasteiger partial charge < -0.3 is 10.5 Å². The van der Waals surface area contributed by atoms with Crippen LogP contribution in [0.2, 0.25) is 0 Å². The van der Waals surface area contributed by atoms with Crippen molar-refractivity contribution in [1.82, 2.24) is 0 Å². The lowest BCUT2D eigenvalue weighted by molar-refractivity contribution is 0.273. The van der Waals surface area contributed by atoms with Crippen LogP contribution >= 0.6 is 0 Å². The fourth-order valence-corrected chi connectivity index (χ4v) is 1.81. The van der Waals surface area contributed by atoms with Crippen molar-refractivity contribution in [2.24, 2.45) is 5.73 Å². The molecule has 0 spiro atoms. The smallest absolute Gasteiger partial charge is 0.123 e. The third-order valence-corrected chi connectivity index (χ3v) is 2.73. The van der Waals surface area contributed by atoms with Crippen LogP contribution in [-0.4, -0.2) is 19.3 Å². The average molecular weight is 249 g/mol. The summed E-state index contributed by atoms with van der Waals surface area (Å²) in [7, 11) is 0. The average Bonchev–Trinajstić information content (AvgIpc) is 2.37. The molecule has 0 aromatic heterocycles. The van der Waals surface area contributed by atoms with E-state index in [4.69, 9.17) is 10.5 Å². The highest BCUT2D eigenvalue weighted by Crippen LogP contribution is 2.22. The highest BCUT2D eigenvalue weighted by Gasteiger charge is 2.09. The first-order valence-corrected chi connectivity index (χ1v) is 6.14. The minimum atomic E-state index is -0.470. The van der Waals surface area contributed by atoms with Crippen LogP contribution in [0.25, 0.3) is 0 Å². The third-order valence-electron chi connectivity index (χ3n) is 2.73. The Bertz CT molecular complexity index is 405.